The Kier molecular flexibility index (Phi) is 7.36. The van der Waals surface area contributed by atoms with E-state index in [9.17, 15) is 4.79 Å². The van der Waals surface area contributed by atoms with Crippen LogP contribution in [0.1, 0.15) is 12.5 Å². The van der Waals surface area contributed by atoms with Gasteiger partial charge in [0, 0.05) is 32.7 Å². The topological polar surface area (TPSA) is 54.0 Å². The zero-order valence-corrected chi connectivity index (χ0v) is 17.6. The SMILES string of the molecule is COc1ccc(CCNC(=O)[C@@H](C)N2CCN(c3ccccc3OC)CC2)cc1. The fourth-order valence-electron chi connectivity index (χ4n) is 3.68. The number of para-hydroxylation sites is 2. The zero-order chi connectivity index (χ0) is 20.6. The number of carbonyl (C=O) groups is 1. The van der Waals surface area contributed by atoms with Gasteiger partial charge in [0.25, 0.3) is 0 Å². The Morgan fingerprint density at radius 1 is 1.00 bits per heavy atom. The first-order valence-corrected chi connectivity index (χ1v) is 10.1. The van der Waals surface area contributed by atoms with Crippen molar-refractivity contribution in [3.8, 4) is 11.5 Å². The molecule has 0 bridgehead atoms. The molecule has 2 aromatic rings. The standard InChI is InChI=1S/C23H31N3O3/c1-18(23(27)24-13-12-19-8-10-20(28-2)11-9-19)25-14-16-26(17-15-25)21-6-4-5-7-22(21)29-3/h4-11,18H,12-17H2,1-3H3,(H,24,27)/t18-/m1/s1. The van der Waals surface area contributed by atoms with Crippen LogP contribution in [-0.2, 0) is 11.2 Å². The third kappa shape index (κ3) is 5.41. The number of amides is 1. The molecule has 1 aliphatic rings. The summed E-state index contributed by atoms with van der Waals surface area (Å²) in [5.41, 5.74) is 2.30. The number of piperazine rings is 1. The van der Waals surface area contributed by atoms with Crippen molar-refractivity contribution >= 4 is 11.6 Å². The molecule has 3 rings (SSSR count). The Bertz CT molecular complexity index is 786. The quantitative estimate of drug-likeness (QED) is 0.742. The summed E-state index contributed by atoms with van der Waals surface area (Å²) in [5.74, 6) is 1.83. The molecule has 0 aliphatic carbocycles. The Morgan fingerprint density at radius 2 is 1.69 bits per heavy atom. The van der Waals surface area contributed by atoms with Gasteiger partial charge < -0.3 is 19.7 Å². The average Bonchev–Trinajstić information content (AvgIpc) is 2.79. The van der Waals surface area contributed by atoms with Crippen molar-refractivity contribution in [1.29, 1.82) is 0 Å². The van der Waals surface area contributed by atoms with Crippen molar-refractivity contribution in [2.24, 2.45) is 0 Å². The van der Waals surface area contributed by atoms with Crippen molar-refractivity contribution in [1.82, 2.24) is 10.2 Å². The molecular weight excluding hydrogens is 366 g/mol. The van der Waals surface area contributed by atoms with E-state index in [0.29, 0.717) is 6.54 Å². The van der Waals surface area contributed by atoms with Crippen LogP contribution in [0, 0.1) is 0 Å². The van der Waals surface area contributed by atoms with Crippen LogP contribution in [0.2, 0.25) is 0 Å². The predicted molar refractivity (Wildman–Crippen MR) is 116 cm³/mol. The van der Waals surface area contributed by atoms with Crippen LogP contribution < -0.4 is 19.7 Å². The third-order valence-corrected chi connectivity index (χ3v) is 5.54. The largest absolute Gasteiger partial charge is 0.497 e. The first-order chi connectivity index (χ1) is 14.1. The van der Waals surface area contributed by atoms with Gasteiger partial charge in [-0.25, -0.2) is 0 Å². The van der Waals surface area contributed by atoms with Crippen LogP contribution in [0.5, 0.6) is 11.5 Å². The number of ether oxygens (including phenoxy) is 2. The Morgan fingerprint density at radius 3 is 2.34 bits per heavy atom. The molecular formula is C23H31N3O3. The Hall–Kier alpha value is -2.73. The number of hydrogen-bond donors (Lipinski definition) is 1. The van der Waals surface area contributed by atoms with Crippen molar-refractivity contribution in [2.45, 2.75) is 19.4 Å². The van der Waals surface area contributed by atoms with Crippen molar-refractivity contribution in [3.05, 3.63) is 54.1 Å². The molecule has 0 spiro atoms. The molecule has 2 aromatic carbocycles. The molecule has 1 amide bonds. The summed E-state index contributed by atoms with van der Waals surface area (Å²) in [6, 6.07) is 15.9. The first kappa shape index (κ1) is 21.0. The minimum atomic E-state index is -0.134. The highest BCUT2D eigenvalue weighted by Gasteiger charge is 2.26. The number of benzene rings is 2. The van der Waals surface area contributed by atoms with E-state index in [-0.39, 0.29) is 11.9 Å². The van der Waals surface area contributed by atoms with Crippen LogP contribution in [0.3, 0.4) is 0 Å². The molecule has 1 atom stereocenters. The number of nitrogens with zero attached hydrogens (tertiary/aromatic N) is 2. The van der Waals surface area contributed by atoms with Gasteiger partial charge in [-0.2, -0.15) is 0 Å². The minimum absolute atomic E-state index is 0.0873. The molecule has 0 unspecified atom stereocenters. The Balaban J connectivity index is 1.44. The fourth-order valence-corrected chi connectivity index (χ4v) is 3.68. The van der Waals surface area contributed by atoms with E-state index in [4.69, 9.17) is 9.47 Å². The number of carbonyl (C=O) groups excluding carboxylic acids is 1. The van der Waals surface area contributed by atoms with Crippen molar-refractivity contribution in [3.63, 3.8) is 0 Å². The van der Waals surface area contributed by atoms with Crippen LogP contribution in [-0.4, -0.2) is 63.8 Å². The summed E-state index contributed by atoms with van der Waals surface area (Å²) in [7, 11) is 3.36. The van der Waals surface area contributed by atoms with Crippen LogP contribution in [0.15, 0.2) is 48.5 Å². The Labute approximate surface area is 173 Å². The van der Waals surface area contributed by atoms with Crippen LogP contribution in [0.25, 0.3) is 0 Å². The lowest BCUT2D eigenvalue weighted by Crippen LogP contribution is -2.54. The highest BCUT2D eigenvalue weighted by Crippen LogP contribution is 2.28. The smallest absolute Gasteiger partial charge is 0.237 e. The van der Waals surface area contributed by atoms with Gasteiger partial charge in [0.1, 0.15) is 11.5 Å². The second-order valence-corrected chi connectivity index (χ2v) is 7.26. The van der Waals surface area contributed by atoms with Crippen LogP contribution in [0.4, 0.5) is 5.69 Å². The van der Waals surface area contributed by atoms with Gasteiger partial charge in [0.05, 0.1) is 25.9 Å². The van der Waals surface area contributed by atoms with Gasteiger partial charge in [0.2, 0.25) is 5.91 Å². The maximum Gasteiger partial charge on any atom is 0.237 e. The summed E-state index contributed by atoms with van der Waals surface area (Å²) >= 11 is 0. The van der Waals surface area contributed by atoms with Gasteiger partial charge in [-0.3, -0.25) is 9.69 Å². The van der Waals surface area contributed by atoms with Gasteiger partial charge >= 0.3 is 0 Å². The van der Waals surface area contributed by atoms with Gasteiger partial charge in [0.15, 0.2) is 0 Å². The van der Waals surface area contributed by atoms with Crippen molar-refractivity contribution < 1.29 is 14.3 Å². The molecule has 1 heterocycles. The monoisotopic (exact) mass is 397 g/mol. The van der Waals surface area contributed by atoms with E-state index in [2.05, 4.69) is 21.2 Å². The molecule has 1 aliphatic heterocycles. The zero-order valence-electron chi connectivity index (χ0n) is 17.6. The van der Waals surface area contributed by atoms with Crippen LogP contribution >= 0.6 is 0 Å². The fraction of sp³-hybridized carbons (Fsp3) is 0.435. The highest BCUT2D eigenvalue weighted by molar-refractivity contribution is 5.81. The van der Waals surface area contributed by atoms with E-state index in [1.165, 1.54) is 5.56 Å². The van der Waals surface area contributed by atoms with Gasteiger partial charge in [-0.05, 0) is 43.2 Å². The number of rotatable bonds is 8. The summed E-state index contributed by atoms with van der Waals surface area (Å²) in [4.78, 5) is 17.1. The number of anilines is 1. The summed E-state index contributed by atoms with van der Waals surface area (Å²) < 4.78 is 10.7. The molecule has 0 radical (unpaired) electrons. The van der Waals surface area contributed by atoms with Crippen molar-refractivity contribution in [2.75, 3.05) is 51.8 Å². The third-order valence-electron chi connectivity index (χ3n) is 5.54. The van der Waals surface area contributed by atoms with Gasteiger partial charge in [-0.1, -0.05) is 24.3 Å². The summed E-state index contributed by atoms with van der Waals surface area (Å²) in [6.45, 7) is 6.09. The number of hydrogen-bond acceptors (Lipinski definition) is 5. The lowest BCUT2D eigenvalue weighted by molar-refractivity contribution is -0.125. The van der Waals surface area contributed by atoms with E-state index in [1.807, 2.05) is 49.4 Å². The highest BCUT2D eigenvalue weighted by atomic mass is 16.5. The molecule has 29 heavy (non-hydrogen) atoms. The predicted octanol–water partition coefficient (Wildman–Crippen LogP) is 2.57. The van der Waals surface area contributed by atoms with E-state index in [0.717, 1.165) is 49.8 Å². The number of methoxy groups -OCH3 is 2. The van der Waals surface area contributed by atoms with E-state index >= 15 is 0 Å². The number of nitrogens with one attached hydrogen (secondary N) is 1. The molecule has 0 aromatic heterocycles. The normalized spacial score (nSPS) is 15.6. The second kappa shape index (κ2) is 10.2. The summed E-state index contributed by atoms with van der Waals surface area (Å²) in [5, 5.41) is 3.07. The van der Waals surface area contributed by atoms with E-state index in [1.54, 1.807) is 14.2 Å². The molecule has 1 fully saturated rings. The maximum atomic E-state index is 12.6. The van der Waals surface area contributed by atoms with Gasteiger partial charge in [-0.15, -0.1) is 0 Å². The molecule has 0 saturated carbocycles. The summed E-state index contributed by atoms with van der Waals surface area (Å²) in [6.07, 6.45) is 0.810. The molecule has 156 valence electrons. The average molecular weight is 398 g/mol. The molecule has 6 heteroatoms. The lowest BCUT2D eigenvalue weighted by atomic mass is 10.1. The molecule has 6 nitrogen and oxygen atoms in total. The second-order valence-electron chi connectivity index (χ2n) is 7.26. The molecule has 1 saturated heterocycles. The van der Waals surface area contributed by atoms with E-state index < -0.39 is 0 Å². The molecule has 1 N–H and O–H groups in total. The lowest BCUT2D eigenvalue weighted by Gasteiger charge is -2.38. The first-order valence-electron chi connectivity index (χ1n) is 10.1. The minimum Gasteiger partial charge on any atom is -0.497 e. The maximum absolute atomic E-state index is 12.6.